The van der Waals surface area contributed by atoms with Crippen LogP contribution in [-0.4, -0.2) is 22.7 Å². The molecule has 2 aromatic carbocycles. The van der Waals surface area contributed by atoms with Gasteiger partial charge in [0.25, 0.3) is 0 Å². The lowest BCUT2D eigenvalue weighted by molar-refractivity contribution is -0.127. The molecule has 3 rings (SSSR count). The number of rotatable bonds is 9. The number of halogens is 1. The molecule has 1 heterocycles. The van der Waals surface area contributed by atoms with Gasteiger partial charge in [-0.15, -0.1) is 0 Å². The Balaban J connectivity index is 1.63. The summed E-state index contributed by atoms with van der Waals surface area (Å²) in [6.07, 6.45) is 0.853. The maximum absolute atomic E-state index is 12.4. The van der Waals surface area contributed by atoms with Crippen molar-refractivity contribution >= 4 is 21.8 Å². The average molecular weight is 458 g/mol. The number of hydrogen-bond acceptors (Lipinski definition) is 5. The van der Waals surface area contributed by atoms with Crippen molar-refractivity contribution in [3.05, 3.63) is 70.5 Å². The number of benzene rings is 2. The molecule has 0 saturated heterocycles. The van der Waals surface area contributed by atoms with Crippen molar-refractivity contribution in [1.82, 2.24) is 15.5 Å². The second-order valence-corrected chi connectivity index (χ2v) is 7.79. The maximum Gasteiger partial charge on any atom is 0.249 e. The second-order valence-electron chi connectivity index (χ2n) is 6.87. The van der Waals surface area contributed by atoms with E-state index in [2.05, 4.69) is 38.3 Å². The SMILES string of the molecule is CC[C@H](C)[C@H](NC(=O)COCc1ccccc1)c1nc(-c2ccc(Br)cc2)no1. The van der Waals surface area contributed by atoms with Gasteiger partial charge in [-0.3, -0.25) is 4.79 Å². The third kappa shape index (κ3) is 5.98. The summed E-state index contributed by atoms with van der Waals surface area (Å²) in [4.78, 5) is 16.9. The van der Waals surface area contributed by atoms with Crippen LogP contribution in [0.15, 0.2) is 63.6 Å². The molecule has 0 fully saturated rings. The van der Waals surface area contributed by atoms with Gasteiger partial charge in [0.15, 0.2) is 0 Å². The van der Waals surface area contributed by atoms with Crippen LogP contribution in [0.5, 0.6) is 0 Å². The maximum atomic E-state index is 12.4. The van der Waals surface area contributed by atoms with Crippen molar-refractivity contribution < 1.29 is 14.1 Å². The molecule has 0 unspecified atom stereocenters. The highest BCUT2D eigenvalue weighted by Gasteiger charge is 2.26. The Morgan fingerprint density at radius 3 is 2.59 bits per heavy atom. The highest BCUT2D eigenvalue weighted by Crippen LogP contribution is 2.26. The van der Waals surface area contributed by atoms with Gasteiger partial charge in [0, 0.05) is 10.0 Å². The van der Waals surface area contributed by atoms with Crippen molar-refractivity contribution in [1.29, 1.82) is 0 Å². The van der Waals surface area contributed by atoms with Gasteiger partial charge in [-0.25, -0.2) is 0 Å². The Hall–Kier alpha value is -2.51. The Morgan fingerprint density at radius 1 is 1.17 bits per heavy atom. The number of carbonyl (C=O) groups excluding carboxylic acids is 1. The zero-order valence-corrected chi connectivity index (χ0v) is 18.1. The van der Waals surface area contributed by atoms with Crippen LogP contribution in [0.25, 0.3) is 11.4 Å². The number of aromatic nitrogens is 2. The van der Waals surface area contributed by atoms with Gasteiger partial charge in [0.1, 0.15) is 12.6 Å². The number of nitrogens with one attached hydrogen (secondary N) is 1. The Kier molecular flexibility index (Phi) is 7.55. The lowest BCUT2D eigenvalue weighted by atomic mass is 9.99. The first-order chi connectivity index (χ1) is 14.1. The molecule has 29 heavy (non-hydrogen) atoms. The third-order valence-electron chi connectivity index (χ3n) is 4.68. The van der Waals surface area contributed by atoms with Crippen molar-refractivity contribution in [2.75, 3.05) is 6.61 Å². The summed E-state index contributed by atoms with van der Waals surface area (Å²) in [5.74, 6) is 0.810. The Labute approximate surface area is 178 Å². The predicted molar refractivity (Wildman–Crippen MR) is 114 cm³/mol. The molecule has 1 N–H and O–H groups in total. The minimum atomic E-state index is -0.371. The Morgan fingerprint density at radius 2 is 1.90 bits per heavy atom. The summed E-state index contributed by atoms with van der Waals surface area (Å²) < 4.78 is 12.0. The largest absolute Gasteiger partial charge is 0.367 e. The van der Waals surface area contributed by atoms with Crippen LogP contribution in [-0.2, 0) is 16.1 Å². The van der Waals surface area contributed by atoms with E-state index in [0.29, 0.717) is 18.3 Å². The molecule has 1 amide bonds. The minimum absolute atomic E-state index is 0.0322. The van der Waals surface area contributed by atoms with Crippen LogP contribution < -0.4 is 5.32 Å². The standard InChI is InChI=1S/C22H24BrN3O3/c1-3-15(2)20(24-19(27)14-28-13-16-7-5-4-6-8-16)22-25-21(26-29-22)17-9-11-18(23)12-10-17/h4-12,15,20H,3,13-14H2,1-2H3,(H,24,27)/t15-,20-/m0/s1. The fourth-order valence-corrected chi connectivity index (χ4v) is 3.08. The Bertz CT molecular complexity index is 913. The van der Waals surface area contributed by atoms with E-state index in [9.17, 15) is 4.79 Å². The fraction of sp³-hybridized carbons (Fsp3) is 0.318. The van der Waals surface area contributed by atoms with Crippen LogP contribution in [0.4, 0.5) is 0 Å². The molecule has 3 aromatic rings. The first-order valence-corrected chi connectivity index (χ1v) is 10.4. The molecule has 1 aromatic heterocycles. The molecule has 0 bridgehead atoms. The van der Waals surface area contributed by atoms with Gasteiger partial charge in [-0.2, -0.15) is 4.98 Å². The molecule has 2 atom stereocenters. The highest BCUT2D eigenvalue weighted by molar-refractivity contribution is 9.10. The molecule has 0 saturated carbocycles. The number of nitrogens with zero attached hydrogens (tertiary/aromatic N) is 2. The zero-order chi connectivity index (χ0) is 20.6. The topological polar surface area (TPSA) is 77.2 Å². The van der Waals surface area contributed by atoms with Crippen molar-refractivity contribution in [3.63, 3.8) is 0 Å². The van der Waals surface area contributed by atoms with E-state index >= 15 is 0 Å². The molecule has 152 valence electrons. The van der Waals surface area contributed by atoms with E-state index in [1.54, 1.807) is 0 Å². The molecule has 7 heteroatoms. The molecular formula is C22H24BrN3O3. The summed E-state index contributed by atoms with van der Waals surface area (Å²) in [6, 6.07) is 17.0. The minimum Gasteiger partial charge on any atom is -0.367 e. The third-order valence-corrected chi connectivity index (χ3v) is 5.21. The van der Waals surface area contributed by atoms with Gasteiger partial charge < -0.3 is 14.6 Å². The molecular weight excluding hydrogens is 434 g/mol. The van der Waals surface area contributed by atoms with E-state index in [-0.39, 0.29) is 24.5 Å². The second kappa shape index (κ2) is 10.3. The van der Waals surface area contributed by atoms with Gasteiger partial charge >= 0.3 is 0 Å². The summed E-state index contributed by atoms with van der Waals surface area (Å²) in [6.45, 7) is 4.45. The molecule has 0 aliphatic carbocycles. The van der Waals surface area contributed by atoms with Gasteiger partial charge in [-0.05, 0) is 35.7 Å². The summed E-state index contributed by atoms with van der Waals surface area (Å²) in [5.41, 5.74) is 1.87. The van der Waals surface area contributed by atoms with Crippen molar-refractivity contribution in [3.8, 4) is 11.4 Å². The van der Waals surface area contributed by atoms with E-state index < -0.39 is 0 Å². The fourth-order valence-electron chi connectivity index (χ4n) is 2.81. The van der Waals surface area contributed by atoms with Gasteiger partial charge in [-0.1, -0.05) is 71.7 Å². The highest BCUT2D eigenvalue weighted by atomic mass is 79.9. The monoisotopic (exact) mass is 457 g/mol. The average Bonchev–Trinajstić information content (AvgIpc) is 3.22. The molecule has 6 nitrogen and oxygen atoms in total. The van der Waals surface area contributed by atoms with E-state index in [1.165, 1.54) is 0 Å². The van der Waals surface area contributed by atoms with E-state index in [1.807, 2.05) is 61.5 Å². The zero-order valence-electron chi connectivity index (χ0n) is 16.5. The molecule has 0 radical (unpaired) electrons. The van der Waals surface area contributed by atoms with Crippen molar-refractivity contribution in [2.24, 2.45) is 5.92 Å². The van der Waals surface area contributed by atoms with E-state index in [4.69, 9.17) is 9.26 Å². The van der Waals surface area contributed by atoms with Gasteiger partial charge in [0.05, 0.1) is 6.61 Å². The summed E-state index contributed by atoms with van der Waals surface area (Å²) >= 11 is 3.41. The number of carbonyl (C=O) groups is 1. The molecule has 0 aliphatic rings. The summed E-state index contributed by atoms with van der Waals surface area (Å²) in [5, 5.41) is 7.06. The number of amides is 1. The number of ether oxygens (including phenoxy) is 1. The van der Waals surface area contributed by atoms with Crippen LogP contribution in [0.1, 0.15) is 37.8 Å². The lowest BCUT2D eigenvalue weighted by Crippen LogP contribution is -2.35. The quantitative estimate of drug-likeness (QED) is 0.493. The van der Waals surface area contributed by atoms with Crippen LogP contribution in [0.3, 0.4) is 0 Å². The first-order valence-electron chi connectivity index (χ1n) is 9.57. The van der Waals surface area contributed by atoms with Crippen LogP contribution in [0, 0.1) is 5.92 Å². The molecule has 0 aliphatic heterocycles. The predicted octanol–water partition coefficient (Wildman–Crippen LogP) is 4.92. The normalized spacial score (nSPS) is 13.1. The molecule has 0 spiro atoms. The lowest BCUT2D eigenvalue weighted by Gasteiger charge is -2.20. The van der Waals surface area contributed by atoms with Crippen LogP contribution in [0.2, 0.25) is 0 Å². The smallest absolute Gasteiger partial charge is 0.249 e. The summed E-state index contributed by atoms with van der Waals surface area (Å²) in [7, 11) is 0. The first kappa shape index (κ1) is 21.2. The van der Waals surface area contributed by atoms with Crippen molar-refractivity contribution in [2.45, 2.75) is 32.9 Å². The number of hydrogen-bond donors (Lipinski definition) is 1. The van der Waals surface area contributed by atoms with Gasteiger partial charge in [0.2, 0.25) is 17.6 Å². The van der Waals surface area contributed by atoms with Crippen LogP contribution >= 0.6 is 15.9 Å². The van der Waals surface area contributed by atoms with E-state index in [0.717, 1.165) is 22.0 Å².